The Labute approximate surface area is 109 Å². The molecule has 0 bridgehead atoms. The minimum atomic E-state index is -1.74. The van der Waals surface area contributed by atoms with Crippen molar-refractivity contribution in [3.05, 3.63) is 28.7 Å². The van der Waals surface area contributed by atoms with Crippen molar-refractivity contribution in [1.29, 1.82) is 0 Å². The Bertz CT molecular complexity index is 655. The van der Waals surface area contributed by atoms with E-state index in [2.05, 4.69) is 5.10 Å². The van der Waals surface area contributed by atoms with Gasteiger partial charge in [-0.3, -0.25) is 4.79 Å². The lowest BCUT2D eigenvalue weighted by Gasteiger charge is -2.12. The van der Waals surface area contributed by atoms with E-state index in [-0.39, 0.29) is 23.6 Å². The lowest BCUT2D eigenvalue weighted by molar-refractivity contribution is 0.0518. The maximum Gasteiger partial charge on any atom is 0.492 e. The van der Waals surface area contributed by atoms with E-state index in [1.165, 1.54) is 37.2 Å². The third-order valence-electron chi connectivity index (χ3n) is 2.69. The molecule has 0 radical (unpaired) electrons. The lowest BCUT2D eigenvalue weighted by Crippen LogP contribution is -2.33. The van der Waals surface area contributed by atoms with E-state index in [1.54, 1.807) is 0 Å². The standard InChI is InChI=1S/C11H13BN2O5/c1-14-11(15)8-4-9(12(16)17)10(19-6-18-2)3-7(8)5-13-14/h3-5,16-17H,6H2,1-2H3. The van der Waals surface area contributed by atoms with Crippen LogP contribution in [0.2, 0.25) is 0 Å². The van der Waals surface area contributed by atoms with Gasteiger partial charge >= 0.3 is 7.12 Å². The van der Waals surface area contributed by atoms with Gasteiger partial charge in [0.1, 0.15) is 5.75 Å². The Morgan fingerprint density at radius 2 is 2.16 bits per heavy atom. The number of ether oxygens (including phenoxy) is 2. The summed E-state index contributed by atoms with van der Waals surface area (Å²) in [6.45, 7) is -0.0382. The fourth-order valence-corrected chi connectivity index (χ4v) is 1.73. The van der Waals surface area contributed by atoms with Gasteiger partial charge in [-0.05, 0) is 12.1 Å². The van der Waals surface area contributed by atoms with Gasteiger partial charge in [-0.1, -0.05) is 0 Å². The summed E-state index contributed by atoms with van der Waals surface area (Å²) in [4.78, 5) is 11.9. The fourth-order valence-electron chi connectivity index (χ4n) is 1.73. The Hall–Kier alpha value is -1.90. The van der Waals surface area contributed by atoms with E-state index in [0.29, 0.717) is 10.8 Å². The minimum absolute atomic E-state index is 0.0382. The zero-order valence-electron chi connectivity index (χ0n) is 10.5. The molecule has 1 aromatic carbocycles. The number of rotatable bonds is 4. The van der Waals surface area contributed by atoms with Crippen LogP contribution in [-0.4, -0.2) is 40.8 Å². The molecular formula is C11H13BN2O5. The number of nitrogens with zero attached hydrogens (tertiary/aromatic N) is 2. The van der Waals surface area contributed by atoms with Crippen LogP contribution in [0, 0.1) is 0 Å². The highest BCUT2D eigenvalue weighted by Gasteiger charge is 2.19. The Morgan fingerprint density at radius 3 is 2.79 bits per heavy atom. The van der Waals surface area contributed by atoms with Crippen LogP contribution < -0.4 is 15.8 Å². The molecule has 8 heteroatoms. The van der Waals surface area contributed by atoms with Gasteiger partial charge in [0.25, 0.3) is 5.56 Å². The first-order valence-electron chi connectivity index (χ1n) is 5.52. The van der Waals surface area contributed by atoms with Crippen LogP contribution in [0.5, 0.6) is 5.75 Å². The molecule has 0 fully saturated rings. The van der Waals surface area contributed by atoms with Crippen molar-refractivity contribution in [2.75, 3.05) is 13.9 Å². The molecule has 7 nitrogen and oxygen atoms in total. The average molecular weight is 264 g/mol. The van der Waals surface area contributed by atoms with Gasteiger partial charge in [0.15, 0.2) is 6.79 Å². The number of fused-ring (bicyclic) bond motifs is 1. The largest absolute Gasteiger partial charge is 0.492 e. The monoisotopic (exact) mass is 264 g/mol. The molecule has 100 valence electrons. The molecule has 0 amide bonds. The normalized spacial score (nSPS) is 10.7. The van der Waals surface area contributed by atoms with Crippen LogP contribution in [0.4, 0.5) is 0 Å². The van der Waals surface area contributed by atoms with Crippen LogP contribution in [0.1, 0.15) is 0 Å². The Balaban J connectivity index is 2.65. The zero-order valence-corrected chi connectivity index (χ0v) is 10.5. The Kier molecular flexibility index (Phi) is 3.84. The van der Waals surface area contributed by atoms with Crippen LogP contribution in [0.25, 0.3) is 10.8 Å². The Morgan fingerprint density at radius 1 is 1.42 bits per heavy atom. The van der Waals surface area contributed by atoms with E-state index in [0.717, 1.165) is 0 Å². The highest BCUT2D eigenvalue weighted by atomic mass is 16.7. The van der Waals surface area contributed by atoms with E-state index >= 15 is 0 Å². The molecule has 0 unspecified atom stereocenters. The van der Waals surface area contributed by atoms with Crippen molar-refractivity contribution in [1.82, 2.24) is 9.78 Å². The number of aryl methyl sites for hydroxylation is 1. The summed E-state index contributed by atoms with van der Waals surface area (Å²) in [6.07, 6.45) is 1.50. The predicted octanol–water partition coefficient (Wildman–Crippen LogP) is -1.40. The summed E-state index contributed by atoms with van der Waals surface area (Å²) in [5.74, 6) is 0.236. The SMILES string of the molecule is COCOc1cc2cnn(C)c(=O)c2cc1B(O)O. The lowest BCUT2D eigenvalue weighted by atomic mass is 9.78. The molecule has 0 saturated heterocycles. The summed E-state index contributed by atoms with van der Waals surface area (Å²) >= 11 is 0. The highest BCUT2D eigenvalue weighted by molar-refractivity contribution is 6.60. The summed E-state index contributed by atoms with van der Waals surface area (Å²) in [5, 5.41) is 23.5. The average Bonchev–Trinajstić information content (AvgIpc) is 2.39. The molecule has 0 aliphatic heterocycles. The van der Waals surface area contributed by atoms with Crippen LogP contribution in [-0.2, 0) is 11.8 Å². The molecule has 1 aromatic heterocycles. The van der Waals surface area contributed by atoms with E-state index in [9.17, 15) is 14.8 Å². The number of hydrogen-bond donors (Lipinski definition) is 2. The van der Waals surface area contributed by atoms with Crippen molar-refractivity contribution >= 4 is 23.4 Å². The number of methoxy groups -OCH3 is 1. The second-order valence-corrected chi connectivity index (χ2v) is 3.98. The summed E-state index contributed by atoms with van der Waals surface area (Å²) in [6, 6.07) is 2.91. The zero-order chi connectivity index (χ0) is 14.0. The maximum atomic E-state index is 11.9. The van der Waals surface area contributed by atoms with E-state index in [1.807, 2.05) is 0 Å². The quantitative estimate of drug-likeness (QED) is 0.521. The predicted molar refractivity (Wildman–Crippen MR) is 69.3 cm³/mol. The van der Waals surface area contributed by atoms with Crippen molar-refractivity contribution < 1.29 is 19.5 Å². The van der Waals surface area contributed by atoms with Crippen LogP contribution in [0.3, 0.4) is 0 Å². The summed E-state index contributed by atoms with van der Waals surface area (Å²) < 4.78 is 11.2. The number of benzene rings is 1. The van der Waals surface area contributed by atoms with Gasteiger partial charge in [0, 0.05) is 25.0 Å². The molecule has 0 aliphatic carbocycles. The van der Waals surface area contributed by atoms with Crippen molar-refractivity contribution in [2.45, 2.75) is 0 Å². The third-order valence-corrected chi connectivity index (χ3v) is 2.69. The highest BCUT2D eigenvalue weighted by Crippen LogP contribution is 2.16. The molecule has 0 saturated carbocycles. The van der Waals surface area contributed by atoms with Crippen LogP contribution >= 0.6 is 0 Å². The summed E-state index contributed by atoms with van der Waals surface area (Å²) in [7, 11) is 1.23. The molecule has 2 rings (SSSR count). The number of hydrogen-bond acceptors (Lipinski definition) is 6. The molecule has 1 heterocycles. The fraction of sp³-hybridized carbons (Fsp3) is 0.273. The molecule has 0 spiro atoms. The van der Waals surface area contributed by atoms with Gasteiger partial charge in [-0.2, -0.15) is 5.10 Å². The molecule has 0 atom stereocenters. The van der Waals surface area contributed by atoms with Gasteiger partial charge in [0.05, 0.1) is 11.6 Å². The topological polar surface area (TPSA) is 93.8 Å². The first-order valence-corrected chi connectivity index (χ1v) is 5.52. The minimum Gasteiger partial charge on any atom is -0.468 e. The first-order chi connectivity index (χ1) is 9.04. The maximum absolute atomic E-state index is 11.9. The van der Waals surface area contributed by atoms with Crippen molar-refractivity contribution in [2.24, 2.45) is 7.05 Å². The van der Waals surface area contributed by atoms with Crippen molar-refractivity contribution in [3.63, 3.8) is 0 Å². The number of aromatic nitrogens is 2. The smallest absolute Gasteiger partial charge is 0.468 e. The first kappa shape index (κ1) is 13.5. The van der Waals surface area contributed by atoms with Gasteiger partial charge in [-0.25, -0.2) is 4.68 Å². The van der Waals surface area contributed by atoms with Crippen LogP contribution in [0.15, 0.2) is 23.1 Å². The second-order valence-electron chi connectivity index (χ2n) is 3.98. The molecule has 19 heavy (non-hydrogen) atoms. The van der Waals surface area contributed by atoms with Gasteiger partial charge in [-0.15, -0.1) is 0 Å². The van der Waals surface area contributed by atoms with E-state index in [4.69, 9.17) is 9.47 Å². The molecule has 2 N–H and O–H groups in total. The molecule has 2 aromatic rings. The molecule has 0 aliphatic rings. The summed E-state index contributed by atoms with van der Waals surface area (Å²) in [5.41, 5.74) is -0.217. The van der Waals surface area contributed by atoms with E-state index < -0.39 is 7.12 Å². The third kappa shape index (κ3) is 2.60. The second kappa shape index (κ2) is 5.39. The van der Waals surface area contributed by atoms with Gasteiger partial charge < -0.3 is 19.5 Å². The molecular weight excluding hydrogens is 251 g/mol. The van der Waals surface area contributed by atoms with Gasteiger partial charge in [0.2, 0.25) is 0 Å². The van der Waals surface area contributed by atoms with Crippen molar-refractivity contribution in [3.8, 4) is 5.75 Å².